The molecular formula is C12H16O. The molecule has 1 nitrogen and oxygen atoms in total. The summed E-state index contributed by atoms with van der Waals surface area (Å²) >= 11 is 0. The van der Waals surface area contributed by atoms with Gasteiger partial charge in [-0.15, -0.1) is 0 Å². The molecule has 70 valence electrons. The van der Waals surface area contributed by atoms with Gasteiger partial charge in [-0.25, -0.2) is 0 Å². The zero-order valence-corrected chi connectivity index (χ0v) is 7.91. The molecule has 1 saturated carbocycles. The lowest BCUT2D eigenvalue weighted by Gasteiger charge is -2.27. The van der Waals surface area contributed by atoms with Crippen LogP contribution in [0, 0.1) is 11.8 Å². The highest BCUT2D eigenvalue weighted by Crippen LogP contribution is 2.31. The average molecular weight is 176 g/mol. The fraction of sp³-hybridized carbons (Fsp3) is 0.583. The molecule has 0 aromatic rings. The zero-order chi connectivity index (χ0) is 9.10. The second-order valence-corrected chi connectivity index (χ2v) is 4.03. The molecule has 0 radical (unpaired) electrons. The van der Waals surface area contributed by atoms with Crippen LogP contribution in [0.4, 0.5) is 0 Å². The average Bonchev–Trinajstić information content (AvgIpc) is 2.20. The van der Waals surface area contributed by atoms with E-state index in [4.69, 9.17) is 0 Å². The van der Waals surface area contributed by atoms with Crippen LogP contribution in [-0.4, -0.2) is 5.78 Å². The smallest absolute Gasteiger partial charge is 0.136 e. The van der Waals surface area contributed by atoms with E-state index in [1.165, 1.54) is 6.42 Å². The van der Waals surface area contributed by atoms with E-state index in [2.05, 4.69) is 24.3 Å². The minimum absolute atomic E-state index is 0.329. The molecule has 2 rings (SSSR count). The molecule has 1 unspecified atom stereocenters. The third-order valence-electron chi connectivity index (χ3n) is 3.13. The van der Waals surface area contributed by atoms with Crippen LogP contribution >= 0.6 is 0 Å². The van der Waals surface area contributed by atoms with Crippen molar-refractivity contribution in [3.05, 3.63) is 24.3 Å². The molecule has 1 fully saturated rings. The number of carbonyl (C=O) groups is 1. The Balaban J connectivity index is 2.02. The van der Waals surface area contributed by atoms with Gasteiger partial charge in [0.25, 0.3) is 0 Å². The Kier molecular flexibility index (Phi) is 2.62. The predicted molar refractivity (Wildman–Crippen MR) is 53.4 cm³/mol. The summed E-state index contributed by atoms with van der Waals surface area (Å²) in [7, 11) is 0. The molecule has 0 aromatic heterocycles. The van der Waals surface area contributed by atoms with Gasteiger partial charge < -0.3 is 0 Å². The van der Waals surface area contributed by atoms with E-state index in [9.17, 15) is 4.79 Å². The van der Waals surface area contributed by atoms with Crippen molar-refractivity contribution in [1.82, 2.24) is 0 Å². The predicted octanol–water partition coefficient (Wildman–Crippen LogP) is 2.88. The first kappa shape index (κ1) is 8.74. The summed E-state index contributed by atoms with van der Waals surface area (Å²) in [5.74, 6) is 1.32. The summed E-state index contributed by atoms with van der Waals surface area (Å²) in [5, 5.41) is 0. The molecule has 0 spiro atoms. The number of hydrogen-bond acceptors (Lipinski definition) is 1. The van der Waals surface area contributed by atoms with Crippen molar-refractivity contribution in [2.75, 3.05) is 0 Å². The van der Waals surface area contributed by atoms with Crippen LogP contribution in [0.5, 0.6) is 0 Å². The molecule has 0 aliphatic heterocycles. The monoisotopic (exact) mass is 176 g/mol. The SMILES string of the molecule is O=C1CCCC[C@@H]1C1C=CC=CC1. The maximum absolute atomic E-state index is 11.6. The number of carbonyl (C=O) groups excluding carboxylic acids is 1. The van der Waals surface area contributed by atoms with E-state index in [0.717, 1.165) is 25.7 Å². The topological polar surface area (TPSA) is 17.1 Å². The number of rotatable bonds is 1. The number of hydrogen-bond donors (Lipinski definition) is 0. The molecule has 2 aliphatic rings. The lowest BCUT2D eigenvalue weighted by atomic mass is 9.76. The van der Waals surface area contributed by atoms with Gasteiger partial charge in [-0.1, -0.05) is 30.7 Å². The normalized spacial score (nSPS) is 33.7. The zero-order valence-electron chi connectivity index (χ0n) is 7.91. The van der Waals surface area contributed by atoms with Crippen LogP contribution in [0.3, 0.4) is 0 Å². The van der Waals surface area contributed by atoms with Crippen molar-refractivity contribution < 1.29 is 4.79 Å². The Morgan fingerprint density at radius 3 is 2.85 bits per heavy atom. The van der Waals surface area contributed by atoms with Gasteiger partial charge in [0.2, 0.25) is 0 Å². The van der Waals surface area contributed by atoms with Crippen LogP contribution in [0.25, 0.3) is 0 Å². The molecular weight excluding hydrogens is 160 g/mol. The Morgan fingerprint density at radius 2 is 2.15 bits per heavy atom. The van der Waals surface area contributed by atoms with E-state index in [0.29, 0.717) is 17.6 Å². The molecule has 0 bridgehead atoms. The van der Waals surface area contributed by atoms with Crippen molar-refractivity contribution >= 4 is 5.78 Å². The minimum atomic E-state index is 0.329. The second kappa shape index (κ2) is 3.91. The molecule has 2 aliphatic carbocycles. The van der Waals surface area contributed by atoms with Crippen LogP contribution in [0.1, 0.15) is 32.1 Å². The van der Waals surface area contributed by atoms with Gasteiger partial charge in [0.1, 0.15) is 5.78 Å². The van der Waals surface area contributed by atoms with E-state index in [1.807, 2.05) is 0 Å². The van der Waals surface area contributed by atoms with E-state index < -0.39 is 0 Å². The molecule has 13 heavy (non-hydrogen) atoms. The Morgan fingerprint density at radius 1 is 1.23 bits per heavy atom. The first-order chi connectivity index (χ1) is 6.38. The molecule has 0 N–H and O–H groups in total. The largest absolute Gasteiger partial charge is 0.299 e. The molecule has 0 heterocycles. The van der Waals surface area contributed by atoms with Gasteiger partial charge in [-0.2, -0.15) is 0 Å². The molecule has 0 aromatic carbocycles. The van der Waals surface area contributed by atoms with Crippen LogP contribution in [0.2, 0.25) is 0 Å². The van der Waals surface area contributed by atoms with E-state index in [-0.39, 0.29) is 0 Å². The van der Waals surface area contributed by atoms with Crippen LogP contribution in [0.15, 0.2) is 24.3 Å². The third-order valence-corrected chi connectivity index (χ3v) is 3.13. The highest BCUT2D eigenvalue weighted by Gasteiger charge is 2.28. The summed E-state index contributed by atoms with van der Waals surface area (Å²) in [6.07, 6.45) is 13.9. The van der Waals surface area contributed by atoms with E-state index in [1.54, 1.807) is 0 Å². The fourth-order valence-corrected chi connectivity index (χ4v) is 2.36. The quantitative estimate of drug-likeness (QED) is 0.600. The van der Waals surface area contributed by atoms with Gasteiger partial charge in [-0.05, 0) is 25.2 Å². The summed E-state index contributed by atoms with van der Waals surface area (Å²) in [4.78, 5) is 11.6. The summed E-state index contributed by atoms with van der Waals surface area (Å²) in [6, 6.07) is 0. The van der Waals surface area contributed by atoms with Crippen LogP contribution < -0.4 is 0 Å². The first-order valence-electron chi connectivity index (χ1n) is 5.24. The Hall–Kier alpha value is -0.850. The van der Waals surface area contributed by atoms with Crippen LogP contribution in [-0.2, 0) is 4.79 Å². The minimum Gasteiger partial charge on any atom is -0.299 e. The standard InChI is InChI=1S/C12H16O/c13-12-9-5-4-8-11(12)10-6-2-1-3-7-10/h1-3,6,10-11H,4-5,7-9H2/t10?,11-/m1/s1. The fourth-order valence-electron chi connectivity index (χ4n) is 2.36. The lowest BCUT2D eigenvalue weighted by Crippen LogP contribution is -2.26. The highest BCUT2D eigenvalue weighted by molar-refractivity contribution is 5.82. The molecule has 2 atom stereocenters. The van der Waals surface area contributed by atoms with Gasteiger partial charge >= 0.3 is 0 Å². The van der Waals surface area contributed by atoms with Crippen molar-refractivity contribution in [2.45, 2.75) is 32.1 Å². The molecule has 0 saturated heterocycles. The maximum Gasteiger partial charge on any atom is 0.136 e. The van der Waals surface area contributed by atoms with Gasteiger partial charge in [0.15, 0.2) is 0 Å². The number of allylic oxidation sites excluding steroid dienone is 4. The maximum atomic E-state index is 11.6. The third kappa shape index (κ3) is 1.90. The van der Waals surface area contributed by atoms with Crippen molar-refractivity contribution in [3.8, 4) is 0 Å². The van der Waals surface area contributed by atoms with E-state index >= 15 is 0 Å². The van der Waals surface area contributed by atoms with Crippen molar-refractivity contribution in [2.24, 2.45) is 11.8 Å². The second-order valence-electron chi connectivity index (χ2n) is 4.03. The lowest BCUT2D eigenvalue weighted by molar-refractivity contribution is -0.125. The summed E-state index contributed by atoms with van der Waals surface area (Å²) in [6.45, 7) is 0. The van der Waals surface area contributed by atoms with Gasteiger partial charge in [0, 0.05) is 12.3 Å². The first-order valence-corrected chi connectivity index (χ1v) is 5.24. The number of ketones is 1. The van der Waals surface area contributed by atoms with Crippen molar-refractivity contribution in [3.63, 3.8) is 0 Å². The van der Waals surface area contributed by atoms with Crippen molar-refractivity contribution in [1.29, 1.82) is 0 Å². The highest BCUT2D eigenvalue weighted by atomic mass is 16.1. The summed E-state index contributed by atoms with van der Waals surface area (Å²) in [5.41, 5.74) is 0. The summed E-state index contributed by atoms with van der Waals surface area (Å²) < 4.78 is 0. The molecule has 1 heteroatoms. The Bertz CT molecular complexity index is 250. The van der Waals surface area contributed by atoms with Gasteiger partial charge in [0.05, 0.1) is 0 Å². The molecule has 0 amide bonds. The number of Topliss-reactive ketones (excluding diaryl/α,β-unsaturated/α-hetero) is 1. The van der Waals surface area contributed by atoms with Gasteiger partial charge in [-0.3, -0.25) is 4.79 Å². The Labute approximate surface area is 79.5 Å².